The van der Waals surface area contributed by atoms with Crippen LogP contribution in [0.25, 0.3) is 0 Å². The quantitative estimate of drug-likeness (QED) is 0.805. The molecule has 0 aromatic carbocycles. The van der Waals surface area contributed by atoms with Crippen molar-refractivity contribution < 1.29 is 9.90 Å². The van der Waals surface area contributed by atoms with Crippen LogP contribution in [0.4, 0.5) is 0 Å². The molecule has 19 heavy (non-hydrogen) atoms. The summed E-state index contributed by atoms with van der Waals surface area (Å²) in [7, 11) is 0. The van der Waals surface area contributed by atoms with Gasteiger partial charge in [-0.3, -0.25) is 4.79 Å². The molecule has 1 unspecified atom stereocenters. The lowest BCUT2D eigenvalue weighted by Crippen LogP contribution is -2.39. The summed E-state index contributed by atoms with van der Waals surface area (Å²) in [5.41, 5.74) is 0.371. The highest BCUT2D eigenvalue weighted by Gasteiger charge is 2.32. The SMILES string of the molecule is CC(CCCO)NC(=O)C1CCC(C(C)(C)C)CC1. The van der Waals surface area contributed by atoms with Gasteiger partial charge in [-0.05, 0) is 56.8 Å². The monoisotopic (exact) mass is 269 g/mol. The van der Waals surface area contributed by atoms with Crippen LogP contribution < -0.4 is 5.32 Å². The first-order chi connectivity index (χ1) is 8.84. The van der Waals surface area contributed by atoms with Gasteiger partial charge in [-0.15, -0.1) is 0 Å². The molecule has 1 amide bonds. The van der Waals surface area contributed by atoms with Gasteiger partial charge in [0.2, 0.25) is 5.91 Å². The van der Waals surface area contributed by atoms with E-state index in [-0.39, 0.29) is 24.5 Å². The zero-order chi connectivity index (χ0) is 14.5. The largest absolute Gasteiger partial charge is 0.396 e. The number of carbonyl (C=O) groups is 1. The number of aliphatic hydroxyl groups is 1. The molecule has 1 aliphatic carbocycles. The van der Waals surface area contributed by atoms with Crippen molar-refractivity contribution in [2.75, 3.05) is 6.61 Å². The Morgan fingerprint density at radius 3 is 2.32 bits per heavy atom. The predicted molar refractivity (Wildman–Crippen MR) is 78.8 cm³/mol. The maximum atomic E-state index is 12.2. The van der Waals surface area contributed by atoms with Crippen LogP contribution >= 0.6 is 0 Å². The van der Waals surface area contributed by atoms with Gasteiger partial charge in [0.1, 0.15) is 0 Å². The average molecular weight is 269 g/mol. The van der Waals surface area contributed by atoms with Crippen molar-refractivity contribution in [1.82, 2.24) is 5.32 Å². The number of nitrogens with one attached hydrogen (secondary N) is 1. The molecule has 0 radical (unpaired) electrons. The molecule has 0 heterocycles. The maximum absolute atomic E-state index is 12.2. The Labute approximate surface area is 118 Å². The summed E-state index contributed by atoms with van der Waals surface area (Å²) < 4.78 is 0. The summed E-state index contributed by atoms with van der Waals surface area (Å²) in [4.78, 5) is 12.2. The van der Waals surface area contributed by atoms with Gasteiger partial charge in [0.15, 0.2) is 0 Å². The molecule has 0 aromatic heterocycles. The van der Waals surface area contributed by atoms with Gasteiger partial charge >= 0.3 is 0 Å². The fourth-order valence-electron chi connectivity index (χ4n) is 3.05. The van der Waals surface area contributed by atoms with Crippen LogP contribution in [-0.2, 0) is 4.79 Å². The van der Waals surface area contributed by atoms with Crippen LogP contribution in [0.1, 0.15) is 66.2 Å². The van der Waals surface area contributed by atoms with Gasteiger partial charge in [0.05, 0.1) is 0 Å². The molecule has 0 aromatic rings. The van der Waals surface area contributed by atoms with Crippen LogP contribution in [0.5, 0.6) is 0 Å². The number of carbonyl (C=O) groups excluding carboxylic acids is 1. The van der Waals surface area contributed by atoms with E-state index in [0.29, 0.717) is 5.41 Å². The van der Waals surface area contributed by atoms with Crippen LogP contribution in [0.15, 0.2) is 0 Å². The third-order valence-corrected chi connectivity index (χ3v) is 4.51. The summed E-state index contributed by atoms with van der Waals surface area (Å²) in [6, 6.07) is 0.181. The molecule has 0 aliphatic heterocycles. The highest BCUT2D eigenvalue weighted by atomic mass is 16.3. The van der Waals surface area contributed by atoms with Gasteiger partial charge in [-0.25, -0.2) is 0 Å². The minimum Gasteiger partial charge on any atom is -0.396 e. The molecule has 1 saturated carbocycles. The second-order valence-electron chi connectivity index (χ2n) is 7.19. The zero-order valence-corrected chi connectivity index (χ0v) is 13.0. The molecular formula is C16H31NO2. The molecule has 1 aliphatic rings. The lowest BCUT2D eigenvalue weighted by atomic mass is 9.69. The summed E-state index contributed by atoms with van der Waals surface area (Å²) in [5, 5.41) is 11.9. The third-order valence-electron chi connectivity index (χ3n) is 4.51. The highest BCUT2D eigenvalue weighted by Crippen LogP contribution is 2.39. The fraction of sp³-hybridized carbons (Fsp3) is 0.938. The molecule has 1 fully saturated rings. The van der Waals surface area contributed by atoms with E-state index >= 15 is 0 Å². The first kappa shape index (κ1) is 16.5. The van der Waals surface area contributed by atoms with Crippen molar-refractivity contribution in [2.45, 2.75) is 72.3 Å². The van der Waals surface area contributed by atoms with Gasteiger partial charge in [-0.1, -0.05) is 20.8 Å². The van der Waals surface area contributed by atoms with E-state index in [2.05, 4.69) is 26.1 Å². The Bertz CT molecular complexity index is 275. The van der Waals surface area contributed by atoms with Crippen molar-refractivity contribution >= 4 is 5.91 Å². The van der Waals surface area contributed by atoms with E-state index in [9.17, 15) is 4.79 Å². The number of aliphatic hydroxyl groups excluding tert-OH is 1. The first-order valence-corrected chi connectivity index (χ1v) is 7.75. The predicted octanol–water partition coefficient (Wildman–Crippen LogP) is 3.12. The number of hydrogen-bond acceptors (Lipinski definition) is 2. The van der Waals surface area contributed by atoms with Crippen molar-refractivity contribution in [3.05, 3.63) is 0 Å². The number of amides is 1. The Morgan fingerprint density at radius 2 is 1.84 bits per heavy atom. The van der Waals surface area contributed by atoms with E-state index in [1.54, 1.807) is 0 Å². The van der Waals surface area contributed by atoms with Crippen molar-refractivity contribution in [1.29, 1.82) is 0 Å². The van der Waals surface area contributed by atoms with Crippen molar-refractivity contribution in [3.8, 4) is 0 Å². The van der Waals surface area contributed by atoms with Crippen LogP contribution in [-0.4, -0.2) is 23.7 Å². The normalized spacial score (nSPS) is 25.9. The lowest BCUT2D eigenvalue weighted by Gasteiger charge is -2.36. The molecule has 3 heteroatoms. The first-order valence-electron chi connectivity index (χ1n) is 7.75. The number of rotatable bonds is 5. The molecule has 3 nitrogen and oxygen atoms in total. The van der Waals surface area contributed by atoms with Crippen molar-refractivity contribution in [2.24, 2.45) is 17.3 Å². The van der Waals surface area contributed by atoms with Crippen LogP contribution in [0.2, 0.25) is 0 Å². The Kier molecular flexibility index (Phi) is 6.31. The average Bonchev–Trinajstić information content (AvgIpc) is 2.35. The second kappa shape index (κ2) is 7.28. The molecule has 1 rings (SSSR count). The Hall–Kier alpha value is -0.570. The third kappa shape index (κ3) is 5.52. The van der Waals surface area contributed by atoms with Gasteiger partial charge in [0, 0.05) is 18.6 Å². The molecule has 112 valence electrons. The van der Waals surface area contributed by atoms with Gasteiger partial charge in [-0.2, -0.15) is 0 Å². The van der Waals surface area contributed by atoms with E-state index in [0.717, 1.165) is 31.6 Å². The molecule has 2 N–H and O–H groups in total. The lowest BCUT2D eigenvalue weighted by molar-refractivity contribution is -0.127. The van der Waals surface area contributed by atoms with E-state index < -0.39 is 0 Å². The van der Waals surface area contributed by atoms with E-state index in [1.165, 1.54) is 12.8 Å². The summed E-state index contributed by atoms with van der Waals surface area (Å²) >= 11 is 0. The Balaban J connectivity index is 2.33. The second-order valence-corrected chi connectivity index (χ2v) is 7.19. The molecule has 0 spiro atoms. The van der Waals surface area contributed by atoms with E-state index in [4.69, 9.17) is 5.11 Å². The standard InChI is InChI=1S/C16H31NO2/c1-12(6-5-11-18)17-15(19)13-7-9-14(10-8-13)16(2,3)4/h12-14,18H,5-11H2,1-4H3,(H,17,19). The molecule has 0 bridgehead atoms. The van der Waals surface area contributed by atoms with E-state index in [1.807, 2.05) is 6.92 Å². The fourth-order valence-corrected chi connectivity index (χ4v) is 3.05. The molecular weight excluding hydrogens is 238 g/mol. The topological polar surface area (TPSA) is 49.3 Å². The zero-order valence-electron chi connectivity index (χ0n) is 13.0. The van der Waals surface area contributed by atoms with Gasteiger partial charge < -0.3 is 10.4 Å². The summed E-state index contributed by atoms with van der Waals surface area (Å²) in [5.74, 6) is 1.18. The highest BCUT2D eigenvalue weighted by molar-refractivity contribution is 5.78. The molecule has 1 atom stereocenters. The summed E-state index contributed by atoms with van der Waals surface area (Å²) in [6.45, 7) is 9.13. The maximum Gasteiger partial charge on any atom is 0.223 e. The Morgan fingerprint density at radius 1 is 1.26 bits per heavy atom. The summed E-state index contributed by atoms with van der Waals surface area (Å²) in [6.07, 6.45) is 6.03. The van der Waals surface area contributed by atoms with Gasteiger partial charge in [0.25, 0.3) is 0 Å². The minimum absolute atomic E-state index is 0.181. The minimum atomic E-state index is 0.181. The molecule has 0 saturated heterocycles. The van der Waals surface area contributed by atoms with Crippen molar-refractivity contribution in [3.63, 3.8) is 0 Å². The van der Waals surface area contributed by atoms with Crippen LogP contribution in [0.3, 0.4) is 0 Å². The van der Waals surface area contributed by atoms with Crippen LogP contribution in [0, 0.1) is 17.3 Å². The number of hydrogen-bond donors (Lipinski definition) is 2. The smallest absolute Gasteiger partial charge is 0.223 e.